The summed E-state index contributed by atoms with van der Waals surface area (Å²) < 4.78 is 6.13. The third kappa shape index (κ3) is 5.53. The van der Waals surface area contributed by atoms with Crippen molar-refractivity contribution >= 4 is 28.9 Å². The Kier molecular flexibility index (Phi) is 7.38. The highest BCUT2D eigenvalue weighted by molar-refractivity contribution is 5.99. The van der Waals surface area contributed by atoms with Crippen molar-refractivity contribution < 1.29 is 14.6 Å². The predicted octanol–water partition coefficient (Wildman–Crippen LogP) is 7.68. The first-order chi connectivity index (χ1) is 18.5. The second kappa shape index (κ2) is 11.2. The normalized spacial score (nSPS) is 13.1. The molecule has 4 aromatic carbocycles. The van der Waals surface area contributed by atoms with E-state index in [0.717, 1.165) is 69.6 Å². The van der Waals surface area contributed by atoms with Crippen LogP contribution in [0.25, 0.3) is 17.2 Å². The number of aryl methyl sites for hydroxylation is 1. The molecule has 0 fully saturated rings. The second-order valence-corrected chi connectivity index (χ2v) is 9.25. The Morgan fingerprint density at radius 1 is 0.921 bits per heavy atom. The molecule has 190 valence electrons. The molecule has 0 amide bonds. The molecule has 4 aromatic rings. The summed E-state index contributed by atoms with van der Waals surface area (Å²) in [5, 5.41) is 8.98. The van der Waals surface area contributed by atoms with Crippen molar-refractivity contribution in [3.05, 3.63) is 130 Å². The van der Waals surface area contributed by atoms with Crippen LogP contribution in [0.2, 0.25) is 0 Å². The average Bonchev–Trinajstić information content (AvgIpc) is 3.41. The lowest BCUT2D eigenvalue weighted by atomic mass is 9.86. The molecule has 38 heavy (non-hydrogen) atoms. The largest absolute Gasteiger partial charge is 0.478 e. The molecule has 0 saturated carbocycles. The van der Waals surface area contributed by atoms with E-state index >= 15 is 0 Å². The molecule has 0 radical (unpaired) electrons. The smallest absolute Gasteiger partial charge is 0.328 e. The number of rotatable bonds is 8. The minimum Gasteiger partial charge on any atom is -0.478 e. The van der Waals surface area contributed by atoms with E-state index in [1.54, 1.807) is 6.08 Å². The summed E-state index contributed by atoms with van der Waals surface area (Å²) in [4.78, 5) is 11.0. The number of para-hydroxylation sites is 1. The van der Waals surface area contributed by atoms with Crippen molar-refractivity contribution in [3.8, 4) is 11.5 Å². The summed E-state index contributed by atoms with van der Waals surface area (Å²) in [6.07, 6.45) is 3.60. The topological polar surface area (TPSA) is 70.6 Å². The van der Waals surface area contributed by atoms with E-state index in [9.17, 15) is 4.79 Å². The van der Waals surface area contributed by atoms with Crippen LogP contribution in [0.4, 0.5) is 5.69 Å². The summed E-state index contributed by atoms with van der Waals surface area (Å²) in [6, 6.07) is 30.7. The van der Waals surface area contributed by atoms with Gasteiger partial charge in [-0.25, -0.2) is 10.2 Å². The number of hydrazine groups is 1. The molecule has 0 saturated heterocycles. The summed E-state index contributed by atoms with van der Waals surface area (Å²) >= 11 is 0. The van der Waals surface area contributed by atoms with Crippen LogP contribution in [0.3, 0.4) is 0 Å². The molecular weight excluding hydrogens is 472 g/mol. The highest BCUT2D eigenvalue weighted by Gasteiger charge is 2.17. The van der Waals surface area contributed by atoms with E-state index in [2.05, 4.69) is 67.2 Å². The Balaban J connectivity index is 1.60. The molecule has 0 bridgehead atoms. The molecule has 1 aliphatic rings. The number of nitrogens with one attached hydrogen (secondary N) is 2. The molecule has 3 N–H and O–H groups in total. The molecule has 5 nitrogen and oxygen atoms in total. The first-order valence-electron chi connectivity index (χ1n) is 12.7. The molecule has 0 spiro atoms. The van der Waals surface area contributed by atoms with Crippen LogP contribution < -0.4 is 15.6 Å². The van der Waals surface area contributed by atoms with Crippen LogP contribution in [0.15, 0.2) is 97.1 Å². The van der Waals surface area contributed by atoms with Gasteiger partial charge in [0.05, 0.1) is 5.69 Å². The number of aliphatic carboxylic acids is 1. The molecule has 1 heterocycles. The lowest BCUT2D eigenvalue weighted by molar-refractivity contribution is -0.131. The molecule has 0 aromatic heterocycles. The molecular formula is C33H30N2O3. The van der Waals surface area contributed by atoms with Gasteiger partial charge in [-0.1, -0.05) is 61.5 Å². The molecule has 5 rings (SSSR count). The number of hydrogen-bond acceptors (Lipinski definition) is 4. The van der Waals surface area contributed by atoms with Gasteiger partial charge < -0.3 is 15.3 Å². The Morgan fingerprint density at radius 2 is 1.66 bits per heavy atom. The Morgan fingerprint density at radius 3 is 2.37 bits per heavy atom. The van der Waals surface area contributed by atoms with Crippen LogP contribution >= 0.6 is 0 Å². The molecule has 0 atom stereocenters. The fourth-order valence-electron chi connectivity index (χ4n) is 4.79. The number of fused-ring (bicyclic) bond motifs is 1. The standard InChI is InChI=1S/C33H30N2O3/c1-3-29(25-15-17-31(22(2)19-25)38-28-7-5-4-6-8-28)33(26-14-16-30-27(20-26)21-34-35-30)24-12-9-23(10-13-24)11-18-32(36)37/h4-20,34-35H,3,21H2,1-2H3,(H,36,37)/b18-11+,33-29+. The number of allylic oxidation sites excluding steroid dienone is 1. The maximum Gasteiger partial charge on any atom is 0.328 e. The zero-order valence-corrected chi connectivity index (χ0v) is 21.5. The number of anilines is 1. The highest BCUT2D eigenvalue weighted by Crippen LogP contribution is 2.38. The Bertz CT molecular complexity index is 1520. The van der Waals surface area contributed by atoms with E-state index in [4.69, 9.17) is 9.84 Å². The molecule has 1 aliphatic heterocycles. The molecule has 5 heteroatoms. The Hall–Kier alpha value is -4.61. The quantitative estimate of drug-likeness (QED) is 0.170. The third-order valence-electron chi connectivity index (χ3n) is 6.66. The fourth-order valence-corrected chi connectivity index (χ4v) is 4.79. The first kappa shape index (κ1) is 25.1. The zero-order valence-electron chi connectivity index (χ0n) is 21.5. The van der Waals surface area contributed by atoms with E-state index < -0.39 is 5.97 Å². The number of carboxylic acids is 1. The van der Waals surface area contributed by atoms with Gasteiger partial charge in [-0.15, -0.1) is 0 Å². The third-order valence-corrected chi connectivity index (χ3v) is 6.66. The average molecular weight is 503 g/mol. The van der Waals surface area contributed by atoms with Gasteiger partial charge in [-0.05, 0) is 100 Å². The molecule has 0 aliphatic carbocycles. The number of carboxylic acid groups (broad SMARTS) is 1. The number of benzene rings is 4. The molecule has 0 unspecified atom stereocenters. The summed E-state index contributed by atoms with van der Waals surface area (Å²) in [7, 11) is 0. The van der Waals surface area contributed by atoms with Crippen LogP contribution in [0.5, 0.6) is 11.5 Å². The number of carbonyl (C=O) groups is 1. The van der Waals surface area contributed by atoms with E-state index in [0.29, 0.717) is 0 Å². The van der Waals surface area contributed by atoms with E-state index in [1.807, 2.05) is 48.5 Å². The number of ether oxygens (including phenoxy) is 1. The summed E-state index contributed by atoms with van der Waals surface area (Å²) in [5.74, 6) is 0.687. The summed E-state index contributed by atoms with van der Waals surface area (Å²) in [6.45, 7) is 5.02. The van der Waals surface area contributed by atoms with Crippen molar-refractivity contribution in [1.29, 1.82) is 0 Å². The van der Waals surface area contributed by atoms with Gasteiger partial charge in [0.2, 0.25) is 0 Å². The van der Waals surface area contributed by atoms with Gasteiger partial charge in [0.1, 0.15) is 11.5 Å². The summed E-state index contributed by atoms with van der Waals surface area (Å²) in [5.41, 5.74) is 16.4. The van der Waals surface area contributed by atoms with Crippen molar-refractivity contribution in [1.82, 2.24) is 5.43 Å². The second-order valence-electron chi connectivity index (χ2n) is 9.25. The van der Waals surface area contributed by atoms with Gasteiger partial charge in [0, 0.05) is 12.6 Å². The van der Waals surface area contributed by atoms with Crippen LogP contribution in [0, 0.1) is 6.92 Å². The first-order valence-corrected chi connectivity index (χ1v) is 12.7. The predicted molar refractivity (Wildman–Crippen MR) is 154 cm³/mol. The lowest BCUT2D eigenvalue weighted by Gasteiger charge is -2.18. The van der Waals surface area contributed by atoms with Gasteiger partial charge in [-0.3, -0.25) is 0 Å². The maximum atomic E-state index is 11.0. The van der Waals surface area contributed by atoms with Crippen LogP contribution in [-0.2, 0) is 11.3 Å². The van der Waals surface area contributed by atoms with Gasteiger partial charge in [0.25, 0.3) is 0 Å². The fraction of sp³-hybridized carbons (Fsp3) is 0.121. The van der Waals surface area contributed by atoms with Crippen molar-refractivity contribution in [2.45, 2.75) is 26.8 Å². The van der Waals surface area contributed by atoms with Crippen molar-refractivity contribution in [3.63, 3.8) is 0 Å². The van der Waals surface area contributed by atoms with Crippen LogP contribution in [0.1, 0.15) is 46.7 Å². The Labute approximate surface area is 223 Å². The van der Waals surface area contributed by atoms with Crippen LogP contribution in [-0.4, -0.2) is 11.1 Å². The monoisotopic (exact) mass is 502 g/mol. The lowest BCUT2D eigenvalue weighted by Crippen LogP contribution is -2.10. The van der Waals surface area contributed by atoms with Crippen molar-refractivity contribution in [2.75, 3.05) is 5.43 Å². The maximum absolute atomic E-state index is 11.0. The van der Waals surface area contributed by atoms with Gasteiger partial charge in [-0.2, -0.15) is 0 Å². The van der Waals surface area contributed by atoms with Crippen molar-refractivity contribution in [2.24, 2.45) is 0 Å². The zero-order chi connectivity index (χ0) is 26.5. The van der Waals surface area contributed by atoms with E-state index in [-0.39, 0.29) is 0 Å². The number of hydrogen-bond donors (Lipinski definition) is 3. The minimum atomic E-state index is -0.960. The SMILES string of the molecule is CC/C(=C(/c1ccc(/C=C/C(=O)O)cc1)c1ccc2c(c1)CNN2)c1ccc(Oc2ccccc2)c(C)c1. The van der Waals surface area contributed by atoms with E-state index in [1.165, 1.54) is 11.1 Å². The highest BCUT2D eigenvalue weighted by atomic mass is 16.5. The van der Waals surface area contributed by atoms with Gasteiger partial charge >= 0.3 is 5.97 Å². The van der Waals surface area contributed by atoms with Gasteiger partial charge in [0.15, 0.2) is 0 Å². The minimum absolute atomic E-state index is 0.765.